The van der Waals surface area contributed by atoms with E-state index in [1.165, 1.54) is 0 Å². The van der Waals surface area contributed by atoms with Gasteiger partial charge in [-0.1, -0.05) is 19.4 Å². The Labute approximate surface area is 137 Å². The summed E-state index contributed by atoms with van der Waals surface area (Å²) >= 11 is 0. The third-order valence-corrected chi connectivity index (χ3v) is 3.49. The monoisotopic (exact) mass is 328 g/mol. The number of rotatable bonds is 7. The van der Waals surface area contributed by atoms with E-state index >= 15 is 0 Å². The number of carbonyl (C=O) groups is 2. The van der Waals surface area contributed by atoms with Crippen LogP contribution in [0.5, 0.6) is 0 Å². The van der Waals surface area contributed by atoms with Gasteiger partial charge in [-0.15, -0.1) is 12.4 Å². The molecule has 0 spiro atoms. The highest BCUT2D eigenvalue weighted by atomic mass is 35.5. The quantitative estimate of drug-likeness (QED) is 0.719. The summed E-state index contributed by atoms with van der Waals surface area (Å²) in [6.07, 6.45) is 1.24. The van der Waals surface area contributed by atoms with Crippen molar-refractivity contribution in [3.63, 3.8) is 0 Å². The van der Waals surface area contributed by atoms with Crippen LogP contribution in [0.2, 0.25) is 0 Å². The van der Waals surface area contributed by atoms with Gasteiger partial charge in [-0.25, -0.2) is 0 Å². The van der Waals surface area contributed by atoms with E-state index in [9.17, 15) is 9.59 Å². The lowest BCUT2D eigenvalue weighted by molar-refractivity contribution is -0.140. The standard InChI is InChI=1S/C16H24N2O3.ClH/c1-5-6-14(16(20)21)17-12(4)15(19)18-13-8-7-10(2)11(3)9-13;/h7-9,12,14,17H,5-6H2,1-4H3,(H,18,19)(H,20,21);1H. The van der Waals surface area contributed by atoms with Gasteiger partial charge in [-0.3, -0.25) is 14.9 Å². The summed E-state index contributed by atoms with van der Waals surface area (Å²) in [6.45, 7) is 7.57. The van der Waals surface area contributed by atoms with E-state index in [1.54, 1.807) is 6.92 Å². The van der Waals surface area contributed by atoms with Gasteiger partial charge in [0, 0.05) is 5.69 Å². The number of aliphatic carboxylic acids is 1. The number of carboxylic acid groups (broad SMARTS) is 1. The molecule has 0 radical (unpaired) electrons. The molecule has 0 saturated carbocycles. The van der Waals surface area contributed by atoms with E-state index < -0.39 is 18.1 Å². The number of anilines is 1. The predicted molar refractivity (Wildman–Crippen MR) is 90.7 cm³/mol. The third kappa shape index (κ3) is 6.03. The zero-order valence-electron chi connectivity index (χ0n) is 13.5. The number of hydrogen-bond acceptors (Lipinski definition) is 3. The van der Waals surface area contributed by atoms with Crippen molar-refractivity contribution >= 4 is 30.0 Å². The van der Waals surface area contributed by atoms with Crippen molar-refractivity contribution in [1.29, 1.82) is 0 Å². The molecular weight excluding hydrogens is 304 g/mol. The SMILES string of the molecule is CCCC(NC(C)C(=O)Nc1ccc(C)c(C)c1)C(=O)O.Cl. The summed E-state index contributed by atoms with van der Waals surface area (Å²) in [5.74, 6) is -1.16. The largest absolute Gasteiger partial charge is 0.480 e. The van der Waals surface area contributed by atoms with Gasteiger partial charge < -0.3 is 10.4 Å². The minimum atomic E-state index is -0.928. The van der Waals surface area contributed by atoms with Crippen molar-refractivity contribution < 1.29 is 14.7 Å². The molecule has 5 nitrogen and oxygen atoms in total. The van der Waals surface area contributed by atoms with E-state index in [0.717, 1.165) is 23.2 Å². The highest BCUT2D eigenvalue weighted by molar-refractivity contribution is 5.95. The lowest BCUT2D eigenvalue weighted by Gasteiger charge is -2.19. The number of benzene rings is 1. The van der Waals surface area contributed by atoms with Crippen LogP contribution in [0.25, 0.3) is 0 Å². The van der Waals surface area contributed by atoms with Crippen LogP contribution in [0.15, 0.2) is 18.2 Å². The molecular formula is C16H25ClN2O3. The minimum absolute atomic E-state index is 0. The summed E-state index contributed by atoms with van der Waals surface area (Å²) in [5, 5.41) is 14.8. The minimum Gasteiger partial charge on any atom is -0.480 e. The molecule has 1 amide bonds. The summed E-state index contributed by atoms with van der Waals surface area (Å²) in [6, 6.07) is 4.42. The fourth-order valence-electron chi connectivity index (χ4n) is 2.01. The predicted octanol–water partition coefficient (Wildman–Crippen LogP) is 2.90. The zero-order valence-corrected chi connectivity index (χ0v) is 14.3. The molecule has 0 fully saturated rings. The molecule has 1 rings (SSSR count). The second-order valence-corrected chi connectivity index (χ2v) is 5.36. The van der Waals surface area contributed by atoms with Gasteiger partial charge in [-0.05, 0) is 50.5 Å². The first kappa shape index (κ1) is 20.4. The van der Waals surface area contributed by atoms with Crippen molar-refractivity contribution in [3.05, 3.63) is 29.3 Å². The van der Waals surface area contributed by atoms with Crippen molar-refractivity contribution in [2.75, 3.05) is 5.32 Å². The molecule has 0 aliphatic rings. The smallest absolute Gasteiger partial charge is 0.320 e. The molecule has 0 aliphatic carbocycles. The fraction of sp³-hybridized carbons (Fsp3) is 0.500. The highest BCUT2D eigenvalue weighted by Gasteiger charge is 2.22. The van der Waals surface area contributed by atoms with Crippen LogP contribution in [-0.4, -0.2) is 29.1 Å². The molecule has 124 valence electrons. The van der Waals surface area contributed by atoms with Gasteiger partial charge in [0.15, 0.2) is 0 Å². The Morgan fingerprint density at radius 1 is 1.23 bits per heavy atom. The number of nitrogens with one attached hydrogen (secondary N) is 2. The molecule has 2 atom stereocenters. The Kier molecular flexibility index (Phi) is 8.75. The van der Waals surface area contributed by atoms with Crippen molar-refractivity contribution in [1.82, 2.24) is 5.32 Å². The van der Waals surface area contributed by atoms with Crippen LogP contribution >= 0.6 is 12.4 Å². The van der Waals surface area contributed by atoms with Crippen molar-refractivity contribution in [2.45, 2.75) is 52.6 Å². The first-order chi connectivity index (χ1) is 9.85. The summed E-state index contributed by atoms with van der Waals surface area (Å²) in [4.78, 5) is 23.2. The molecule has 0 aromatic heterocycles. The molecule has 0 aliphatic heterocycles. The molecule has 2 unspecified atom stereocenters. The molecule has 22 heavy (non-hydrogen) atoms. The summed E-state index contributed by atoms with van der Waals surface area (Å²) < 4.78 is 0. The number of carboxylic acids is 1. The normalized spacial score (nSPS) is 12.9. The van der Waals surface area contributed by atoms with E-state index in [-0.39, 0.29) is 18.3 Å². The summed E-state index contributed by atoms with van der Waals surface area (Å²) in [7, 11) is 0. The molecule has 1 aromatic rings. The van der Waals surface area contributed by atoms with Crippen molar-refractivity contribution in [2.24, 2.45) is 0 Å². The Bertz CT molecular complexity index is 520. The maximum Gasteiger partial charge on any atom is 0.320 e. The molecule has 1 aromatic carbocycles. The third-order valence-electron chi connectivity index (χ3n) is 3.49. The lowest BCUT2D eigenvalue weighted by Crippen LogP contribution is -2.47. The maximum atomic E-state index is 12.1. The topological polar surface area (TPSA) is 78.4 Å². The van der Waals surface area contributed by atoms with E-state index in [2.05, 4.69) is 10.6 Å². The van der Waals surface area contributed by atoms with Gasteiger partial charge >= 0.3 is 5.97 Å². The van der Waals surface area contributed by atoms with Crippen LogP contribution in [0.1, 0.15) is 37.8 Å². The highest BCUT2D eigenvalue weighted by Crippen LogP contribution is 2.14. The second-order valence-electron chi connectivity index (χ2n) is 5.36. The fourth-order valence-corrected chi connectivity index (χ4v) is 2.01. The number of halogens is 1. The molecule has 0 bridgehead atoms. The zero-order chi connectivity index (χ0) is 16.0. The van der Waals surface area contributed by atoms with E-state index in [1.807, 2.05) is 39.0 Å². The Balaban J connectivity index is 0.00000441. The van der Waals surface area contributed by atoms with Crippen LogP contribution in [0.4, 0.5) is 5.69 Å². The van der Waals surface area contributed by atoms with Gasteiger partial charge in [0.2, 0.25) is 5.91 Å². The molecule has 0 heterocycles. The maximum absolute atomic E-state index is 12.1. The average molecular weight is 329 g/mol. The summed E-state index contributed by atoms with van der Waals surface area (Å²) in [5.41, 5.74) is 2.98. The molecule has 0 saturated heterocycles. The van der Waals surface area contributed by atoms with Crippen LogP contribution in [0, 0.1) is 13.8 Å². The first-order valence-corrected chi connectivity index (χ1v) is 7.22. The Morgan fingerprint density at radius 2 is 1.86 bits per heavy atom. The van der Waals surface area contributed by atoms with Crippen molar-refractivity contribution in [3.8, 4) is 0 Å². The lowest BCUT2D eigenvalue weighted by atomic mass is 10.1. The van der Waals surface area contributed by atoms with Crippen LogP contribution in [-0.2, 0) is 9.59 Å². The number of hydrogen-bond donors (Lipinski definition) is 3. The molecule has 3 N–H and O–H groups in total. The van der Waals surface area contributed by atoms with Crippen LogP contribution < -0.4 is 10.6 Å². The Hall–Kier alpha value is -1.59. The van der Waals surface area contributed by atoms with E-state index in [0.29, 0.717) is 6.42 Å². The van der Waals surface area contributed by atoms with Gasteiger partial charge in [0.25, 0.3) is 0 Å². The molecule has 6 heteroatoms. The first-order valence-electron chi connectivity index (χ1n) is 7.22. The average Bonchev–Trinajstić information content (AvgIpc) is 2.42. The second kappa shape index (κ2) is 9.43. The van der Waals surface area contributed by atoms with Gasteiger partial charge in [0.1, 0.15) is 6.04 Å². The van der Waals surface area contributed by atoms with E-state index in [4.69, 9.17) is 5.11 Å². The van der Waals surface area contributed by atoms with Crippen LogP contribution in [0.3, 0.4) is 0 Å². The number of amides is 1. The number of aryl methyl sites for hydroxylation is 2. The Morgan fingerprint density at radius 3 is 2.36 bits per heavy atom. The number of carbonyl (C=O) groups excluding carboxylic acids is 1. The van der Waals surface area contributed by atoms with Gasteiger partial charge in [-0.2, -0.15) is 0 Å². The van der Waals surface area contributed by atoms with Gasteiger partial charge in [0.05, 0.1) is 6.04 Å².